The van der Waals surface area contributed by atoms with Crippen LogP contribution >= 0.6 is 22.7 Å². The molecule has 0 bridgehead atoms. The maximum absolute atomic E-state index is 13.0. The van der Waals surface area contributed by atoms with Crippen molar-refractivity contribution in [2.24, 2.45) is 0 Å². The van der Waals surface area contributed by atoms with E-state index in [1.54, 1.807) is 22.7 Å². The minimum atomic E-state index is -0.662. The quantitative estimate of drug-likeness (QED) is 0.613. The highest BCUT2D eigenvalue weighted by Gasteiger charge is 2.50. The van der Waals surface area contributed by atoms with Crippen LogP contribution in [-0.2, 0) is 16.0 Å². The molecular weight excluding hydrogens is 394 g/mol. The monoisotopic (exact) mass is 416 g/mol. The Morgan fingerprint density at radius 1 is 1.04 bits per heavy atom. The molecule has 28 heavy (non-hydrogen) atoms. The van der Waals surface area contributed by atoms with E-state index in [1.807, 2.05) is 6.07 Å². The molecule has 1 unspecified atom stereocenters. The number of imide groups is 2. The largest absolute Gasteiger partial charge is 0.338 e. The summed E-state index contributed by atoms with van der Waals surface area (Å²) in [6.45, 7) is 1.08. The average Bonchev–Trinajstić information content (AvgIpc) is 3.48. The molecule has 0 radical (unpaired) electrons. The molecule has 4 amide bonds. The molecular formula is C20H22N3O3S2+. The fourth-order valence-electron chi connectivity index (χ4n) is 4.78. The lowest BCUT2D eigenvalue weighted by Crippen LogP contribution is -3.15. The molecule has 146 valence electrons. The third-order valence-electron chi connectivity index (χ3n) is 6.13. The Balaban J connectivity index is 1.42. The summed E-state index contributed by atoms with van der Waals surface area (Å²) in [5, 5.41) is 4.18. The summed E-state index contributed by atoms with van der Waals surface area (Å²) in [4.78, 5) is 44.3. The predicted molar refractivity (Wildman–Crippen MR) is 106 cm³/mol. The molecule has 6 nitrogen and oxygen atoms in total. The zero-order valence-electron chi connectivity index (χ0n) is 15.4. The number of hydrogen-bond donors (Lipinski definition) is 1. The number of quaternary nitrogens is 1. The van der Waals surface area contributed by atoms with Crippen LogP contribution in [-0.4, -0.2) is 46.9 Å². The van der Waals surface area contributed by atoms with Gasteiger partial charge < -0.3 is 4.90 Å². The lowest BCUT2D eigenvalue weighted by atomic mass is 9.99. The summed E-state index contributed by atoms with van der Waals surface area (Å²) in [6.07, 6.45) is 4.57. The average molecular weight is 417 g/mol. The number of hydrogen-bond acceptors (Lipinski definition) is 5. The van der Waals surface area contributed by atoms with Gasteiger partial charge in [-0.25, -0.2) is 9.69 Å². The summed E-state index contributed by atoms with van der Waals surface area (Å²) in [5.74, 6) is -1.30. The Bertz CT molecular complexity index is 917. The second-order valence-corrected chi connectivity index (χ2v) is 9.67. The van der Waals surface area contributed by atoms with Crippen LogP contribution in [0, 0.1) is 0 Å². The summed E-state index contributed by atoms with van der Waals surface area (Å²) in [5.41, 5.74) is 1.28. The number of rotatable bonds is 4. The van der Waals surface area contributed by atoms with Gasteiger partial charge in [-0.2, -0.15) is 0 Å². The van der Waals surface area contributed by atoms with Gasteiger partial charge in [0.25, 0.3) is 0 Å². The number of amides is 4. The molecule has 2 fully saturated rings. The highest BCUT2D eigenvalue weighted by Crippen LogP contribution is 2.32. The Labute approximate surface area is 171 Å². The van der Waals surface area contributed by atoms with Crippen LogP contribution in [0.15, 0.2) is 29.0 Å². The van der Waals surface area contributed by atoms with Gasteiger partial charge in [-0.3, -0.25) is 14.5 Å². The minimum Gasteiger partial charge on any atom is -0.306 e. The molecule has 2 aromatic rings. The van der Waals surface area contributed by atoms with Crippen molar-refractivity contribution < 1.29 is 19.3 Å². The van der Waals surface area contributed by atoms with Gasteiger partial charge in [0.15, 0.2) is 12.7 Å². The first-order chi connectivity index (χ1) is 13.6. The minimum absolute atomic E-state index is 0.103. The third kappa shape index (κ3) is 2.82. The van der Waals surface area contributed by atoms with E-state index in [1.165, 1.54) is 25.1 Å². The maximum Gasteiger partial charge on any atom is 0.338 e. The van der Waals surface area contributed by atoms with E-state index >= 15 is 0 Å². The summed E-state index contributed by atoms with van der Waals surface area (Å²) in [6, 6.07) is 5.89. The molecule has 2 aromatic heterocycles. The van der Waals surface area contributed by atoms with Crippen LogP contribution < -0.4 is 4.90 Å². The van der Waals surface area contributed by atoms with E-state index in [0.29, 0.717) is 0 Å². The first-order valence-corrected chi connectivity index (χ1v) is 11.5. The number of fused-ring (bicyclic) bond motifs is 1. The van der Waals surface area contributed by atoms with Gasteiger partial charge in [0.1, 0.15) is 0 Å². The number of thiophene rings is 2. The topological polar surface area (TPSA) is 62.1 Å². The van der Waals surface area contributed by atoms with Gasteiger partial charge in [-0.05, 0) is 35.7 Å². The van der Waals surface area contributed by atoms with E-state index in [9.17, 15) is 14.4 Å². The summed E-state index contributed by atoms with van der Waals surface area (Å²) in [7, 11) is 0. The van der Waals surface area contributed by atoms with Gasteiger partial charge in [-0.1, -0.05) is 18.9 Å². The van der Waals surface area contributed by atoms with Crippen molar-refractivity contribution in [3.8, 4) is 0 Å². The molecule has 0 aromatic carbocycles. The predicted octanol–water partition coefficient (Wildman–Crippen LogP) is 2.03. The molecule has 8 heteroatoms. The van der Waals surface area contributed by atoms with Gasteiger partial charge in [-0.15, -0.1) is 22.7 Å². The second kappa shape index (κ2) is 7.09. The van der Waals surface area contributed by atoms with Crippen LogP contribution in [0.5, 0.6) is 0 Å². The zero-order chi connectivity index (χ0) is 19.3. The smallest absolute Gasteiger partial charge is 0.306 e. The molecule has 5 rings (SSSR count). The molecule has 1 saturated carbocycles. The van der Waals surface area contributed by atoms with Crippen LogP contribution in [0.1, 0.15) is 47.0 Å². The van der Waals surface area contributed by atoms with Crippen LogP contribution in [0.3, 0.4) is 0 Å². The van der Waals surface area contributed by atoms with E-state index in [0.717, 1.165) is 43.5 Å². The Morgan fingerprint density at radius 3 is 2.61 bits per heavy atom. The molecule has 3 aliphatic rings. The second-order valence-electron chi connectivity index (χ2n) is 7.69. The van der Waals surface area contributed by atoms with Crippen LogP contribution in [0.4, 0.5) is 4.79 Å². The van der Waals surface area contributed by atoms with Crippen molar-refractivity contribution in [2.75, 3.05) is 13.2 Å². The summed E-state index contributed by atoms with van der Waals surface area (Å²) >= 11 is 3.47. The first-order valence-electron chi connectivity index (χ1n) is 9.78. The number of nitrogens with one attached hydrogen (secondary N) is 1. The van der Waals surface area contributed by atoms with Crippen LogP contribution in [0.2, 0.25) is 0 Å². The Kier molecular flexibility index (Phi) is 4.57. The van der Waals surface area contributed by atoms with Crippen molar-refractivity contribution >= 4 is 40.5 Å². The normalized spacial score (nSPS) is 25.8. The van der Waals surface area contributed by atoms with Crippen molar-refractivity contribution in [2.45, 2.75) is 44.2 Å². The van der Waals surface area contributed by atoms with E-state index in [4.69, 9.17) is 0 Å². The Hall–Kier alpha value is -2.03. The van der Waals surface area contributed by atoms with E-state index in [-0.39, 0.29) is 18.8 Å². The van der Waals surface area contributed by atoms with E-state index in [2.05, 4.69) is 22.9 Å². The molecule has 1 saturated heterocycles. The Morgan fingerprint density at radius 2 is 1.86 bits per heavy atom. The van der Waals surface area contributed by atoms with Gasteiger partial charge in [0.2, 0.25) is 0 Å². The maximum atomic E-state index is 13.0. The highest BCUT2D eigenvalue weighted by molar-refractivity contribution is 7.10. The number of carbonyl (C=O) groups excluding carboxylic acids is 3. The SMILES string of the molecule is O=C1C(=O)N(C2CCCC2)C(=O)N1C[NH+]1CCc2sccc2[C@H]1c1cccs1. The number of nitrogens with zero attached hydrogens (tertiary/aromatic N) is 2. The molecule has 2 atom stereocenters. The van der Waals surface area contributed by atoms with Crippen LogP contribution in [0.25, 0.3) is 0 Å². The number of carbonyl (C=O) groups is 3. The van der Waals surface area contributed by atoms with Gasteiger partial charge >= 0.3 is 17.8 Å². The molecule has 1 N–H and O–H groups in total. The highest BCUT2D eigenvalue weighted by atomic mass is 32.1. The van der Waals surface area contributed by atoms with Crippen molar-refractivity contribution in [1.82, 2.24) is 9.80 Å². The standard InChI is InChI=1S/C20H21N3O3S2/c24-18-19(25)23(13-4-1-2-5-13)20(26)22(18)12-21-9-7-15-14(8-11-28-15)17(21)16-6-3-10-27-16/h3,6,8,10-11,13,17H,1-2,4-5,7,9,12H2/p+1/t17-/m0/s1. The molecule has 2 aliphatic heterocycles. The zero-order valence-corrected chi connectivity index (χ0v) is 17.1. The van der Waals surface area contributed by atoms with Crippen molar-refractivity contribution in [1.29, 1.82) is 0 Å². The van der Waals surface area contributed by atoms with Gasteiger partial charge in [0, 0.05) is 22.9 Å². The van der Waals surface area contributed by atoms with Crippen molar-refractivity contribution in [3.05, 3.63) is 44.3 Å². The van der Waals surface area contributed by atoms with E-state index < -0.39 is 17.8 Å². The van der Waals surface area contributed by atoms with Crippen molar-refractivity contribution in [3.63, 3.8) is 0 Å². The molecule has 4 heterocycles. The lowest BCUT2D eigenvalue weighted by Gasteiger charge is -2.34. The lowest BCUT2D eigenvalue weighted by molar-refractivity contribution is -0.934. The fraction of sp³-hybridized carbons (Fsp3) is 0.450. The third-order valence-corrected chi connectivity index (χ3v) is 8.07. The molecule has 0 spiro atoms. The first kappa shape index (κ1) is 18.0. The number of urea groups is 1. The fourth-order valence-corrected chi connectivity index (χ4v) is 6.60. The summed E-state index contributed by atoms with van der Waals surface area (Å²) < 4.78 is 0. The molecule has 1 aliphatic carbocycles. The van der Waals surface area contributed by atoms with Gasteiger partial charge in [0.05, 0.1) is 11.4 Å².